The number of thioether (sulfide) groups is 1. The van der Waals surface area contributed by atoms with Crippen LogP contribution in [0.15, 0.2) is 51.8 Å². The fourth-order valence-corrected chi connectivity index (χ4v) is 3.79. The first-order valence-corrected chi connectivity index (χ1v) is 9.80. The van der Waals surface area contributed by atoms with Crippen molar-refractivity contribution in [2.45, 2.75) is 30.6 Å². The molecule has 0 fully saturated rings. The summed E-state index contributed by atoms with van der Waals surface area (Å²) < 4.78 is 18.5. The Morgan fingerprint density at radius 1 is 1.07 bits per heavy atom. The Morgan fingerprint density at radius 3 is 2.67 bits per heavy atom. The number of anilines is 1. The van der Waals surface area contributed by atoms with Crippen LogP contribution in [0.1, 0.15) is 24.0 Å². The van der Waals surface area contributed by atoms with Gasteiger partial charge in [-0.1, -0.05) is 11.2 Å². The van der Waals surface area contributed by atoms with Crippen molar-refractivity contribution < 1.29 is 13.6 Å². The minimum absolute atomic E-state index is 0.0763. The summed E-state index contributed by atoms with van der Waals surface area (Å²) in [5.74, 6) is 0.00143. The molecule has 0 atom stereocenters. The summed E-state index contributed by atoms with van der Waals surface area (Å²) >= 11 is 1.31. The van der Waals surface area contributed by atoms with Gasteiger partial charge in [0.15, 0.2) is 0 Å². The van der Waals surface area contributed by atoms with Crippen LogP contribution >= 0.6 is 11.8 Å². The third-order valence-electron chi connectivity index (χ3n) is 4.45. The van der Waals surface area contributed by atoms with Crippen molar-refractivity contribution in [2.75, 3.05) is 11.1 Å². The molecule has 1 N–H and O–H groups in total. The third kappa shape index (κ3) is 4.36. The minimum atomic E-state index is -0.302. The van der Waals surface area contributed by atoms with Gasteiger partial charge in [0.05, 0.1) is 5.75 Å². The molecule has 4 rings (SSSR count). The topological polar surface area (TPSA) is 68.0 Å². The molecule has 0 saturated heterocycles. The number of nitrogens with zero attached hydrogens (tertiary/aromatic N) is 2. The Hall–Kier alpha value is -2.67. The number of aryl methyl sites for hydroxylation is 2. The van der Waals surface area contributed by atoms with Crippen LogP contribution < -0.4 is 5.32 Å². The van der Waals surface area contributed by atoms with E-state index >= 15 is 0 Å². The van der Waals surface area contributed by atoms with Crippen molar-refractivity contribution in [1.82, 2.24) is 10.2 Å². The van der Waals surface area contributed by atoms with Gasteiger partial charge >= 0.3 is 6.01 Å². The second-order valence-corrected chi connectivity index (χ2v) is 7.44. The Bertz CT molecular complexity index is 956. The highest BCUT2D eigenvalue weighted by Gasteiger charge is 2.15. The highest BCUT2D eigenvalue weighted by atomic mass is 32.2. The summed E-state index contributed by atoms with van der Waals surface area (Å²) in [5, 5.41) is 10.5. The highest BCUT2D eigenvalue weighted by Crippen LogP contribution is 2.27. The summed E-state index contributed by atoms with van der Waals surface area (Å²) in [5.41, 5.74) is 3.58. The van der Waals surface area contributed by atoms with Crippen LogP contribution in [0, 0.1) is 5.82 Å². The molecule has 0 aliphatic heterocycles. The Labute approximate surface area is 160 Å². The molecule has 7 heteroatoms. The van der Waals surface area contributed by atoms with E-state index in [1.807, 2.05) is 6.07 Å². The van der Waals surface area contributed by atoms with E-state index in [4.69, 9.17) is 4.42 Å². The molecule has 1 aliphatic carbocycles. The van der Waals surface area contributed by atoms with Crippen LogP contribution in [0.4, 0.5) is 10.4 Å². The molecular weight excluding hydrogens is 365 g/mol. The molecule has 0 saturated carbocycles. The summed E-state index contributed by atoms with van der Waals surface area (Å²) in [6.07, 6.45) is 4.63. The lowest BCUT2D eigenvalue weighted by Crippen LogP contribution is -2.14. The van der Waals surface area contributed by atoms with Gasteiger partial charge < -0.3 is 4.42 Å². The average Bonchev–Trinajstić information content (AvgIpc) is 3.15. The number of aromatic nitrogens is 2. The molecule has 1 heterocycles. The van der Waals surface area contributed by atoms with Crippen LogP contribution in [-0.2, 0) is 17.6 Å². The molecule has 0 unspecified atom stereocenters. The number of amides is 1. The van der Waals surface area contributed by atoms with Gasteiger partial charge in [0.25, 0.3) is 0 Å². The Morgan fingerprint density at radius 2 is 1.85 bits per heavy atom. The van der Waals surface area contributed by atoms with E-state index in [1.54, 1.807) is 12.1 Å². The maximum Gasteiger partial charge on any atom is 0.322 e. The van der Waals surface area contributed by atoms with E-state index in [0.29, 0.717) is 5.89 Å². The first kappa shape index (κ1) is 17.7. The molecule has 0 spiro atoms. The quantitative estimate of drug-likeness (QED) is 0.658. The van der Waals surface area contributed by atoms with Gasteiger partial charge in [-0.25, -0.2) is 4.39 Å². The van der Waals surface area contributed by atoms with Gasteiger partial charge in [-0.2, -0.15) is 0 Å². The average molecular weight is 383 g/mol. The Balaban J connectivity index is 1.37. The summed E-state index contributed by atoms with van der Waals surface area (Å²) in [4.78, 5) is 12.9. The van der Waals surface area contributed by atoms with Crippen LogP contribution in [0.3, 0.4) is 0 Å². The zero-order valence-corrected chi connectivity index (χ0v) is 15.4. The normalized spacial score (nSPS) is 13.2. The molecule has 1 aromatic heterocycles. The molecule has 1 aliphatic rings. The van der Waals surface area contributed by atoms with Gasteiger partial charge in [-0.05, 0) is 73.2 Å². The van der Waals surface area contributed by atoms with E-state index in [9.17, 15) is 9.18 Å². The van der Waals surface area contributed by atoms with Gasteiger partial charge in [0.2, 0.25) is 11.8 Å². The van der Waals surface area contributed by atoms with E-state index in [0.717, 1.165) is 23.3 Å². The molecule has 3 aromatic rings. The molecule has 5 nitrogen and oxygen atoms in total. The zero-order chi connectivity index (χ0) is 18.6. The number of nitrogens with one attached hydrogen (secondary N) is 1. The lowest BCUT2D eigenvalue weighted by molar-refractivity contribution is -0.113. The predicted molar refractivity (Wildman–Crippen MR) is 102 cm³/mol. The first-order chi connectivity index (χ1) is 13.2. The van der Waals surface area contributed by atoms with Crippen LogP contribution in [-0.4, -0.2) is 21.9 Å². The van der Waals surface area contributed by atoms with Crippen molar-refractivity contribution >= 4 is 23.7 Å². The smallest absolute Gasteiger partial charge is 0.322 e. The number of halogens is 1. The van der Waals surface area contributed by atoms with E-state index < -0.39 is 0 Å². The standard InChI is InChI=1S/C20H18FN3O2S/c21-16-7-9-17(10-8-16)27-12-18(25)22-20-24-23-19(26-20)15-6-5-13-3-1-2-4-14(13)11-15/h5-11H,1-4,12H2,(H,22,24,25). The van der Waals surface area contributed by atoms with E-state index in [2.05, 4.69) is 27.6 Å². The minimum Gasteiger partial charge on any atom is -0.403 e. The van der Waals surface area contributed by atoms with Crippen LogP contribution in [0.2, 0.25) is 0 Å². The highest BCUT2D eigenvalue weighted by molar-refractivity contribution is 8.00. The van der Waals surface area contributed by atoms with E-state index in [-0.39, 0.29) is 23.5 Å². The SMILES string of the molecule is O=C(CSc1ccc(F)cc1)Nc1nnc(-c2ccc3c(c2)CCCC3)o1. The molecule has 0 bridgehead atoms. The molecule has 138 valence electrons. The van der Waals surface area contributed by atoms with Gasteiger partial charge in [0.1, 0.15) is 5.82 Å². The third-order valence-corrected chi connectivity index (χ3v) is 5.46. The number of rotatable bonds is 5. The van der Waals surface area contributed by atoms with Crippen molar-refractivity contribution in [3.8, 4) is 11.5 Å². The van der Waals surface area contributed by atoms with Crippen molar-refractivity contribution in [3.63, 3.8) is 0 Å². The van der Waals surface area contributed by atoms with Crippen LogP contribution in [0.5, 0.6) is 0 Å². The maximum atomic E-state index is 12.9. The first-order valence-electron chi connectivity index (χ1n) is 8.81. The summed E-state index contributed by atoms with van der Waals surface area (Å²) in [7, 11) is 0. The number of carbonyl (C=O) groups is 1. The number of fused-ring (bicyclic) bond motifs is 1. The molecule has 1 amide bonds. The summed E-state index contributed by atoms with van der Waals surface area (Å²) in [6, 6.07) is 12.3. The van der Waals surface area contributed by atoms with Crippen molar-refractivity contribution in [2.24, 2.45) is 0 Å². The van der Waals surface area contributed by atoms with Gasteiger partial charge in [-0.15, -0.1) is 16.9 Å². The maximum absolute atomic E-state index is 12.9. The second kappa shape index (κ2) is 7.92. The Kier molecular flexibility index (Phi) is 5.20. The fraction of sp³-hybridized carbons (Fsp3) is 0.250. The van der Waals surface area contributed by atoms with E-state index in [1.165, 1.54) is 47.9 Å². The lowest BCUT2D eigenvalue weighted by Gasteiger charge is -2.15. The predicted octanol–water partition coefficient (Wildman–Crippen LogP) is 4.49. The fourth-order valence-electron chi connectivity index (χ4n) is 3.09. The van der Waals surface area contributed by atoms with Gasteiger partial charge in [-0.3, -0.25) is 10.1 Å². The molecule has 27 heavy (non-hydrogen) atoms. The van der Waals surface area contributed by atoms with Crippen LogP contribution in [0.25, 0.3) is 11.5 Å². The van der Waals surface area contributed by atoms with Gasteiger partial charge in [0, 0.05) is 10.5 Å². The number of hydrogen-bond donors (Lipinski definition) is 1. The molecule has 0 radical (unpaired) electrons. The molecule has 2 aromatic carbocycles. The lowest BCUT2D eigenvalue weighted by atomic mass is 9.90. The molecular formula is C20H18FN3O2S. The van der Waals surface area contributed by atoms with Crippen molar-refractivity contribution in [3.05, 3.63) is 59.4 Å². The summed E-state index contributed by atoms with van der Waals surface area (Å²) in [6.45, 7) is 0. The largest absolute Gasteiger partial charge is 0.403 e. The number of benzene rings is 2. The monoisotopic (exact) mass is 383 g/mol. The second-order valence-electron chi connectivity index (χ2n) is 6.39. The number of carbonyl (C=O) groups excluding carboxylic acids is 1. The zero-order valence-electron chi connectivity index (χ0n) is 14.6. The number of hydrogen-bond acceptors (Lipinski definition) is 5. The van der Waals surface area contributed by atoms with Crippen molar-refractivity contribution in [1.29, 1.82) is 0 Å².